The van der Waals surface area contributed by atoms with Crippen LogP contribution in [0.4, 0.5) is 19.6 Å². The molecule has 3 rings (SSSR count). The van der Waals surface area contributed by atoms with Crippen LogP contribution < -0.4 is 4.90 Å². The number of carbonyl (C=O) groups is 1. The standard InChI is InChI=1S/C20H20F2N4O3S/c1-24(2)8-3-9-25(18(27)10-13-4-6-15(7-5-13)26(28)29)20-23-19-16(22)11-14(21)12-17(19)30-20/h4-7,11-12H,3,8-10H2,1-2H3. The highest BCUT2D eigenvalue weighted by atomic mass is 32.1. The topological polar surface area (TPSA) is 79.6 Å². The zero-order chi connectivity index (χ0) is 21.8. The summed E-state index contributed by atoms with van der Waals surface area (Å²) in [6.07, 6.45) is 0.665. The lowest BCUT2D eigenvalue weighted by Crippen LogP contribution is -2.34. The van der Waals surface area contributed by atoms with E-state index in [0.29, 0.717) is 28.4 Å². The van der Waals surface area contributed by atoms with E-state index in [1.807, 2.05) is 19.0 Å². The third-order valence-electron chi connectivity index (χ3n) is 4.42. The third kappa shape index (κ3) is 5.14. The summed E-state index contributed by atoms with van der Waals surface area (Å²) in [5.74, 6) is -1.75. The molecule has 0 saturated carbocycles. The molecule has 0 unspecified atom stereocenters. The van der Waals surface area contributed by atoms with Crippen LogP contribution in [0.25, 0.3) is 10.2 Å². The van der Waals surface area contributed by atoms with Crippen LogP contribution in [0.15, 0.2) is 36.4 Å². The first kappa shape index (κ1) is 21.7. The van der Waals surface area contributed by atoms with Crippen LogP contribution in [0.3, 0.4) is 0 Å². The summed E-state index contributed by atoms with van der Waals surface area (Å²) >= 11 is 1.05. The monoisotopic (exact) mass is 434 g/mol. The number of rotatable bonds is 8. The molecule has 0 atom stereocenters. The molecule has 30 heavy (non-hydrogen) atoms. The van der Waals surface area contributed by atoms with Crippen molar-refractivity contribution in [3.8, 4) is 0 Å². The Kier molecular flexibility index (Phi) is 6.68. The van der Waals surface area contributed by atoms with Gasteiger partial charge in [-0.2, -0.15) is 0 Å². The Morgan fingerprint density at radius 1 is 1.17 bits per heavy atom. The fraction of sp³-hybridized carbons (Fsp3) is 0.300. The first-order valence-electron chi connectivity index (χ1n) is 9.18. The number of nitrogens with zero attached hydrogens (tertiary/aromatic N) is 4. The molecule has 2 aromatic carbocycles. The van der Waals surface area contributed by atoms with Gasteiger partial charge in [-0.1, -0.05) is 23.5 Å². The Bertz CT molecular complexity index is 1070. The summed E-state index contributed by atoms with van der Waals surface area (Å²) in [6.45, 7) is 1.09. The molecule has 0 aliphatic carbocycles. The van der Waals surface area contributed by atoms with Crippen LogP contribution in [-0.4, -0.2) is 47.9 Å². The molecule has 0 fully saturated rings. The van der Waals surface area contributed by atoms with Crippen LogP contribution in [0.5, 0.6) is 0 Å². The fourth-order valence-corrected chi connectivity index (χ4v) is 3.99. The Balaban J connectivity index is 1.86. The number of carbonyl (C=O) groups excluding carboxylic acids is 1. The number of aromatic nitrogens is 1. The number of nitro groups is 1. The Labute approximate surface area is 175 Å². The highest BCUT2D eigenvalue weighted by Gasteiger charge is 2.22. The largest absolute Gasteiger partial charge is 0.309 e. The molecule has 10 heteroatoms. The predicted molar refractivity (Wildman–Crippen MR) is 112 cm³/mol. The van der Waals surface area contributed by atoms with E-state index in [0.717, 1.165) is 23.9 Å². The number of hydrogen-bond donors (Lipinski definition) is 0. The Morgan fingerprint density at radius 3 is 2.50 bits per heavy atom. The molecule has 0 aliphatic heterocycles. The van der Waals surface area contributed by atoms with Crippen molar-refractivity contribution in [3.63, 3.8) is 0 Å². The van der Waals surface area contributed by atoms with E-state index in [9.17, 15) is 23.7 Å². The summed E-state index contributed by atoms with van der Waals surface area (Å²) in [6, 6.07) is 7.70. The van der Waals surface area contributed by atoms with E-state index in [1.54, 1.807) is 0 Å². The van der Waals surface area contributed by atoms with Gasteiger partial charge in [-0.15, -0.1) is 0 Å². The molecule has 158 valence electrons. The van der Waals surface area contributed by atoms with Gasteiger partial charge in [0.1, 0.15) is 11.3 Å². The molecule has 0 saturated heterocycles. The van der Waals surface area contributed by atoms with Gasteiger partial charge in [-0.3, -0.25) is 19.8 Å². The number of anilines is 1. The smallest absolute Gasteiger partial charge is 0.269 e. The number of halogens is 2. The third-order valence-corrected chi connectivity index (χ3v) is 5.45. The Hall–Kier alpha value is -2.98. The molecule has 0 radical (unpaired) electrons. The zero-order valence-corrected chi connectivity index (χ0v) is 17.3. The highest BCUT2D eigenvalue weighted by molar-refractivity contribution is 7.22. The second-order valence-corrected chi connectivity index (χ2v) is 8.04. The predicted octanol–water partition coefficient (Wildman–Crippen LogP) is 4.01. The van der Waals surface area contributed by atoms with E-state index in [1.165, 1.54) is 35.2 Å². The number of thiazole rings is 1. The molecule has 0 aliphatic rings. The summed E-state index contributed by atoms with van der Waals surface area (Å²) < 4.78 is 27.9. The maximum absolute atomic E-state index is 14.1. The second kappa shape index (κ2) is 9.23. The molecular formula is C20H20F2N4O3S. The average molecular weight is 434 g/mol. The lowest BCUT2D eigenvalue weighted by Gasteiger charge is -2.21. The fourth-order valence-electron chi connectivity index (χ4n) is 2.94. The van der Waals surface area contributed by atoms with Gasteiger partial charge in [-0.25, -0.2) is 13.8 Å². The van der Waals surface area contributed by atoms with Gasteiger partial charge in [-0.05, 0) is 38.7 Å². The van der Waals surface area contributed by atoms with Crippen LogP contribution in [0.2, 0.25) is 0 Å². The normalized spacial score (nSPS) is 11.2. The van der Waals surface area contributed by atoms with Gasteiger partial charge in [0.2, 0.25) is 5.91 Å². The number of fused-ring (bicyclic) bond motifs is 1. The molecule has 0 bridgehead atoms. The number of amides is 1. The second-order valence-electron chi connectivity index (χ2n) is 7.03. The molecule has 3 aromatic rings. The van der Waals surface area contributed by atoms with Crippen molar-refractivity contribution in [1.82, 2.24) is 9.88 Å². The zero-order valence-electron chi connectivity index (χ0n) is 16.5. The number of benzene rings is 2. The van der Waals surface area contributed by atoms with Crippen molar-refractivity contribution in [3.05, 3.63) is 63.7 Å². The SMILES string of the molecule is CN(C)CCCN(C(=O)Cc1ccc([N+](=O)[O-])cc1)c1nc2c(F)cc(F)cc2s1. The lowest BCUT2D eigenvalue weighted by molar-refractivity contribution is -0.384. The van der Waals surface area contributed by atoms with Crippen LogP contribution in [0, 0.1) is 21.7 Å². The van der Waals surface area contributed by atoms with Crippen LogP contribution >= 0.6 is 11.3 Å². The van der Waals surface area contributed by atoms with Crippen molar-refractivity contribution < 1.29 is 18.5 Å². The van der Waals surface area contributed by atoms with Crippen molar-refractivity contribution >= 4 is 38.3 Å². The average Bonchev–Trinajstić information content (AvgIpc) is 3.09. The highest BCUT2D eigenvalue weighted by Crippen LogP contribution is 2.31. The number of non-ortho nitro benzene ring substituents is 1. The van der Waals surface area contributed by atoms with Crippen LogP contribution in [0.1, 0.15) is 12.0 Å². The lowest BCUT2D eigenvalue weighted by atomic mass is 10.1. The first-order valence-corrected chi connectivity index (χ1v) is 10.0. The first-order chi connectivity index (χ1) is 14.2. The van der Waals surface area contributed by atoms with E-state index in [4.69, 9.17) is 0 Å². The van der Waals surface area contributed by atoms with E-state index >= 15 is 0 Å². The van der Waals surface area contributed by atoms with Gasteiger partial charge < -0.3 is 4.90 Å². The van der Waals surface area contributed by atoms with Crippen molar-refractivity contribution in [1.29, 1.82) is 0 Å². The molecule has 1 aromatic heterocycles. The van der Waals surface area contributed by atoms with E-state index < -0.39 is 16.6 Å². The minimum atomic E-state index is -0.774. The van der Waals surface area contributed by atoms with E-state index in [-0.39, 0.29) is 23.5 Å². The summed E-state index contributed by atoms with van der Waals surface area (Å²) in [4.78, 5) is 31.0. The summed E-state index contributed by atoms with van der Waals surface area (Å²) in [7, 11) is 3.83. The molecule has 0 N–H and O–H groups in total. The Morgan fingerprint density at radius 2 is 1.87 bits per heavy atom. The number of hydrogen-bond acceptors (Lipinski definition) is 6. The van der Waals surface area contributed by atoms with E-state index in [2.05, 4.69) is 4.98 Å². The van der Waals surface area contributed by atoms with Gasteiger partial charge >= 0.3 is 0 Å². The molecule has 1 heterocycles. The van der Waals surface area contributed by atoms with Gasteiger partial charge in [0.15, 0.2) is 10.9 Å². The molecular weight excluding hydrogens is 414 g/mol. The summed E-state index contributed by atoms with van der Waals surface area (Å²) in [5.41, 5.74) is 0.580. The van der Waals surface area contributed by atoms with Crippen molar-refractivity contribution in [2.75, 3.05) is 32.1 Å². The molecule has 1 amide bonds. The molecule has 7 nitrogen and oxygen atoms in total. The quantitative estimate of drug-likeness (QED) is 0.395. The van der Waals surface area contributed by atoms with Crippen molar-refractivity contribution in [2.45, 2.75) is 12.8 Å². The molecule has 0 spiro atoms. The minimum Gasteiger partial charge on any atom is -0.309 e. The van der Waals surface area contributed by atoms with Gasteiger partial charge in [0, 0.05) is 24.7 Å². The van der Waals surface area contributed by atoms with Gasteiger partial charge in [0.25, 0.3) is 5.69 Å². The number of nitro benzene ring substituents is 1. The van der Waals surface area contributed by atoms with Gasteiger partial charge in [0.05, 0.1) is 16.0 Å². The van der Waals surface area contributed by atoms with Crippen molar-refractivity contribution in [2.24, 2.45) is 0 Å². The maximum Gasteiger partial charge on any atom is 0.269 e. The van der Waals surface area contributed by atoms with Crippen LogP contribution in [-0.2, 0) is 11.2 Å². The maximum atomic E-state index is 14.1. The minimum absolute atomic E-state index is 0.00667. The summed E-state index contributed by atoms with van der Waals surface area (Å²) in [5, 5.41) is 11.1.